The first-order chi connectivity index (χ1) is 7.39. The fourth-order valence-corrected chi connectivity index (χ4v) is 4.30. The normalized spacial score (nSPS) is 28.4. The van der Waals surface area contributed by atoms with E-state index in [1.54, 1.807) is 0 Å². The Morgan fingerprint density at radius 1 is 1.38 bits per heavy atom. The molecule has 0 radical (unpaired) electrons. The second-order valence-electron chi connectivity index (χ2n) is 4.65. The lowest BCUT2D eigenvalue weighted by atomic mass is 9.91. The number of sulfone groups is 1. The largest absolute Gasteiger partial charge is 0.468 e. The second kappa shape index (κ2) is 5.17. The average molecular weight is 248 g/mol. The molecular weight excluding hydrogens is 228 g/mol. The first-order valence-corrected chi connectivity index (χ1v) is 7.31. The van der Waals surface area contributed by atoms with Gasteiger partial charge in [-0.1, -0.05) is 19.8 Å². The molecule has 1 fully saturated rings. The quantitative estimate of drug-likeness (QED) is 0.711. The fourth-order valence-electron chi connectivity index (χ4n) is 2.27. The molecule has 3 unspecified atom stereocenters. The maximum Gasteiger partial charge on any atom is 0.323 e. The molecule has 0 spiro atoms. The van der Waals surface area contributed by atoms with Crippen molar-refractivity contribution in [1.29, 1.82) is 0 Å². The van der Waals surface area contributed by atoms with E-state index >= 15 is 0 Å². The van der Waals surface area contributed by atoms with Crippen LogP contribution in [0.2, 0.25) is 0 Å². The molecule has 16 heavy (non-hydrogen) atoms. The maximum atomic E-state index is 12.1. The van der Waals surface area contributed by atoms with Crippen LogP contribution in [0.25, 0.3) is 0 Å². The van der Waals surface area contributed by atoms with Crippen molar-refractivity contribution in [2.45, 2.75) is 50.0 Å². The first-order valence-electron chi connectivity index (χ1n) is 5.70. The van der Waals surface area contributed by atoms with Crippen LogP contribution >= 0.6 is 0 Å². The Balaban J connectivity index is 2.80. The van der Waals surface area contributed by atoms with E-state index in [9.17, 15) is 13.2 Å². The van der Waals surface area contributed by atoms with Crippen LogP contribution in [0, 0.1) is 5.92 Å². The molecule has 1 saturated carbocycles. The summed E-state index contributed by atoms with van der Waals surface area (Å²) in [5, 5.41) is -1.40. The van der Waals surface area contributed by atoms with Crippen molar-refractivity contribution in [3.63, 3.8) is 0 Å². The molecule has 0 aromatic carbocycles. The van der Waals surface area contributed by atoms with Crippen LogP contribution < -0.4 is 0 Å². The summed E-state index contributed by atoms with van der Waals surface area (Å²) in [6, 6.07) is 0. The number of rotatable bonds is 3. The van der Waals surface area contributed by atoms with Gasteiger partial charge < -0.3 is 4.74 Å². The lowest BCUT2D eigenvalue weighted by Gasteiger charge is -2.28. The summed E-state index contributed by atoms with van der Waals surface area (Å²) in [4.78, 5) is 11.3. The number of hydrogen-bond donors (Lipinski definition) is 0. The molecule has 94 valence electrons. The topological polar surface area (TPSA) is 60.4 Å². The minimum atomic E-state index is -3.38. The van der Waals surface area contributed by atoms with E-state index in [0.717, 1.165) is 12.8 Å². The van der Waals surface area contributed by atoms with Gasteiger partial charge in [-0.2, -0.15) is 0 Å². The molecule has 0 saturated heterocycles. The number of carbonyl (C=O) groups excluding carboxylic acids is 1. The summed E-state index contributed by atoms with van der Waals surface area (Å²) < 4.78 is 28.8. The SMILES string of the molecule is COC(=O)C(C)S(=O)(=O)C1CCCC(C)C1. The van der Waals surface area contributed by atoms with Gasteiger partial charge in [0.2, 0.25) is 0 Å². The van der Waals surface area contributed by atoms with Gasteiger partial charge in [0.15, 0.2) is 15.1 Å². The van der Waals surface area contributed by atoms with Gasteiger partial charge in [-0.3, -0.25) is 4.79 Å². The van der Waals surface area contributed by atoms with Gasteiger partial charge in [-0.05, 0) is 25.7 Å². The van der Waals surface area contributed by atoms with Gasteiger partial charge in [0.05, 0.1) is 12.4 Å². The van der Waals surface area contributed by atoms with Crippen molar-refractivity contribution < 1.29 is 17.9 Å². The Morgan fingerprint density at radius 2 is 2.00 bits per heavy atom. The highest BCUT2D eigenvalue weighted by Crippen LogP contribution is 2.30. The van der Waals surface area contributed by atoms with Gasteiger partial charge in [0.25, 0.3) is 0 Å². The van der Waals surface area contributed by atoms with Crippen molar-refractivity contribution in [2.75, 3.05) is 7.11 Å². The Morgan fingerprint density at radius 3 is 2.50 bits per heavy atom. The highest BCUT2D eigenvalue weighted by molar-refractivity contribution is 7.93. The van der Waals surface area contributed by atoms with Gasteiger partial charge in [0.1, 0.15) is 0 Å². The highest BCUT2D eigenvalue weighted by atomic mass is 32.2. The van der Waals surface area contributed by atoms with Crippen LogP contribution in [0.5, 0.6) is 0 Å². The summed E-state index contributed by atoms with van der Waals surface area (Å²) in [5.74, 6) is -0.225. The lowest BCUT2D eigenvalue weighted by Crippen LogP contribution is -2.38. The molecule has 5 heteroatoms. The van der Waals surface area contributed by atoms with E-state index in [4.69, 9.17) is 0 Å². The molecule has 3 atom stereocenters. The van der Waals surface area contributed by atoms with Gasteiger partial charge in [-0.15, -0.1) is 0 Å². The molecule has 0 aromatic rings. The van der Waals surface area contributed by atoms with Gasteiger partial charge in [0, 0.05) is 0 Å². The Kier molecular flexibility index (Phi) is 4.35. The van der Waals surface area contributed by atoms with Crippen molar-refractivity contribution >= 4 is 15.8 Å². The molecule has 0 amide bonds. The number of hydrogen-bond acceptors (Lipinski definition) is 4. The zero-order valence-corrected chi connectivity index (χ0v) is 10.9. The summed E-state index contributed by atoms with van der Waals surface area (Å²) in [6.45, 7) is 3.48. The number of esters is 1. The minimum Gasteiger partial charge on any atom is -0.468 e. The van der Waals surface area contributed by atoms with E-state index in [0.29, 0.717) is 18.8 Å². The Hall–Kier alpha value is -0.580. The molecule has 0 heterocycles. The predicted molar refractivity (Wildman–Crippen MR) is 61.8 cm³/mol. The smallest absolute Gasteiger partial charge is 0.323 e. The molecule has 0 N–H and O–H groups in total. The van der Waals surface area contributed by atoms with Crippen molar-refractivity contribution in [1.82, 2.24) is 0 Å². The molecule has 1 aliphatic rings. The van der Waals surface area contributed by atoms with Crippen LogP contribution in [-0.2, 0) is 19.4 Å². The van der Waals surface area contributed by atoms with E-state index in [-0.39, 0.29) is 5.25 Å². The van der Waals surface area contributed by atoms with Crippen LogP contribution in [0.3, 0.4) is 0 Å². The number of carbonyl (C=O) groups is 1. The monoisotopic (exact) mass is 248 g/mol. The standard InChI is InChI=1S/C11H20O4S/c1-8-5-4-6-10(7-8)16(13,14)9(2)11(12)15-3/h8-10H,4-7H2,1-3H3. The molecule has 0 aromatic heterocycles. The molecule has 0 bridgehead atoms. The zero-order valence-electron chi connectivity index (χ0n) is 10.1. The zero-order chi connectivity index (χ0) is 12.3. The maximum absolute atomic E-state index is 12.1. The predicted octanol–water partition coefficient (Wildman–Crippen LogP) is 1.54. The third-order valence-electron chi connectivity index (χ3n) is 3.38. The lowest BCUT2D eigenvalue weighted by molar-refractivity contribution is -0.139. The third kappa shape index (κ3) is 2.75. The highest BCUT2D eigenvalue weighted by Gasteiger charge is 2.38. The van der Waals surface area contributed by atoms with Crippen LogP contribution in [0.15, 0.2) is 0 Å². The summed E-state index contributed by atoms with van der Waals surface area (Å²) in [7, 11) is -2.16. The molecule has 0 aliphatic heterocycles. The van der Waals surface area contributed by atoms with E-state index in [1.165, 1.54) is 14.0 Å². The molecule has 4 nitrogen and oxygen atoms in total. The van der Waals surface area contributed by atoms with E-state index in [2.05, 4.69) is 11.7 Å². The molecular formula is C11H20O4S. The summed E-state index contributed by atoms with van der Waals surface area (Å²) in [6.07, 6.45) is 3.36. The molecule has 1 aliphatic carbocycles. The fraction of sp³-hybridized carbons (Fsp3) is 0.909. The van der Waals surface area contributed by atoms with Crippen LogP contribution in [0.4, 0.5) is 0 Å². The third-order valence-corrected chi connectivity index (χ3v) is 5.91. The first kappa shape index (κ1) is 13.5. The Bertz CT molecular complexity index is 347. The van der Waals surface area contributed by atoms with Gasteiger partial charge in [-0.25, -0.2) is 8.42 Å². The summed E-state index contributed by atoms with van der Waals surface area (Å²) in [5.41, 5.74) is 0. The van der Waals surface area contributed by atoms with Crippen molar-refractivity contribution in [3.05, 3.63) is 0 Å². The number of methoxy groups -OCH3 is 1. The average Bonchev–Trinajstić information content (AvgIpc) is 2.27. The van der Waals surface area contributed by atoms with E-state index in [1.807, 2.05) is 0 Å². The second-order valence-corrected chi connectivity index (χ2v) is 7.20. The van der Waals surface area contributed by atoms with Crippen molar-refractivity contribution in [2.24, 2.45) is 5.92 Å². The van der Waals surface area contributed by atoms with Crippen LogP contribution in [-0.4, -0.2) is 32.0 Å². The minimum absolute atomic E-state index is 0.370. The van der Waals surface area contributed by atoms with Crippen LogP contribution in [0.1, 0.15) is 39.5 Å². The number of ether oxygens (including phenoxy) is 1. The molecule has 1 rings (SSSR count). The summed E-state index contributed by atoms with van der Waals surface area (Å²) >= 11 is 0. The van der Waals surface area contributed by atoms with E-state index < -0.39 is 21.1 Å². The van der Waals surface area contributed by atoms with Gasteiger partial charge >= 0.3 is 5.97 Å². The van der Waals surface area contributed by atoms with Crippen molar-refractivity contribution in [3.8, 4) is 0 Å². The Labute approximate surface area is 97.3 Å².